The molecule has 0 spiro atoms. The lowest BCUT2D eigenvalue weighted by atomic mass is 10.1. The molecule has 1 amide bonds. The number of carbonyl (C=O) groups is 1. The largest absolute Gasteiger partial charge is 0.352 e. The molecule has 0 atom stereocenters. The molecule has 0 heterocycles. The highest BCUT2D eigenvalue weighted by Gasteiger charge is 2.22. The summed E-state index contributed by atoms with van der Waals surface area (Å²) in [4.78, 5) is 11.8. The molecule has 98 valence electrons. The number of amides is 1. The lowest BCUT2D eigenvalue weighted by molar-refractivity contribution is 0.0951. The molecule has 0 radical (unpaired) electrons. The fourth-order valence-electron chi connectivity index (χ4n) is 1.67. The van der Waals surface area contributed by atoms with E-state index >= 15 is 0 Å². The van der Waals surface area contributed by atoms with E-state index in [9.17, 15) is 13.2 Å². The number of halogens is 1. The van der Waals surface area contributed by atoms with Crippen LogP contribution in [0.25, 0.3) is 0 Å². The van der Waals surface area contributed by atoms with Crippen molar-refractivity contribution in [2.75, 3.05) is 6.54 Å². The van der Waals surface area contributed by atoms with Crippen molar-refractivity contribution in [2.45, 2.75) is 24.7 Å². The van der Waals surface area contributed by atoms with E-state index in [-0.39, 0.29) is 10.8 Å². The molecule has 0 aliphatic heterocycles. The highest BCUT2D eigenvalue weighted by Crippen LogP contribution is 2.27. The minimum Gasteiger partial charge on any atom is -0.352 e. The summed E-state index contributed by atoms with van der Waals surface area (Å²) in [5.74, 6) is 0.319. The van der Waals surface area contributed by atoms with Crippen LogP contribution in [0.5, 0.6) is 0 Å². The molecular formula is C12H14ClNO3S. The molecule has 6 heteroatoms. The van der Waals surface area contributed by atoms with E-state index in [1.165, 1.54) is 6.07 Å². The maximum atomic E-state index is 11.8. The van der Waals surface area contributed by atoms with Crippen molar-refractivity contribution >= 4 is 25.6 Å². The van der Waals surface area contributed by atoms with Crippen LogP contribution in [0.1, 0.15) is 28.8 Å². The second-order valence-corrected chi connectivity index (χ2v) is 7.11. The highest BCUT2D eigenvalue weighted by atomic mass is 35.7. The quantitative estimate of drug-likeness (QED) is 0.862. The maximum Gasteiger partial charge on any atom is 0.261 e. The van der Waals surface area contributed by atoms with Gasteiger partial charge in [-0.2, -0.15) is 0 Å². The molecule has 1 aliphatic rings. The monoisotopic (exact) mass is 287 g/mol. The van der Waals surface area contributed by atoms with Gasteiger partial charge >= 0.3 is 0 Å². The average molecular weight is 288 g/mol. The van der Waals surface area contributed by atoms with Gasteiger partial charge in [-0.05, 0) is 43.4 Å². The van der Waals surface area contributed by atoms with Crippen LogP contribution in [0.4, 0.5) is 0 Å². The normalized spacial score (nSPS) is 15.4. The van der Waals surface area contributed by atoms with Crippen LogP contribution in [-0.2, 0) is 9.05 Å². The summed E-state index contributed by atoms with van der Waals surface area (Å²) in [6.07, 6.45) is 2.30. The molecule has 1 aromatic rings. The van der Waals surface area contributed by atoms with Crippen molar-refractivity contribution in [1.29, 1.82) is 0 Å². The molecule has 1 fully saturated rings. The minimum atomic E-state index is -3.82. The van der Waals surface area contributed by atoms with Gasteiger partial charge in [-0.15, -0.1) is 0 Å². The Morgan fingerprint density at radius 1 is 1.44 bits per heavy atom. The summed E-state index contributed by atoms with van der Waals surface area (Å²) in [5, 5.41) is 2.78. The molecule has 1 aromatic carbocycles. The van der Waals surface area contributed by atoms with Crippen LogP contribution in [0.2, 0.25) is 0 Å². The number of hydrogen-bond donors (Lipinski definition) is 1. The SMILES string of the molecule is Cc1ccc(C(=O)NCC2CC2)cc1S(=O)(=O)Cl. The van der Waals surface area contributed by atoms with Crippen LogP contribution in [0.15, 0.2) is 23.1 Å². The number of carbonyl (C=O) groups excluding carboxylic acids is 1. The lowest BCUT2D eigenvalue weighted by Crippen LogP contribution is -2.25. The van der Waals surface area contributed by atoms with Gasteiger partial charge in [0.2, 0.25) is 0 Å². The first kappa shape index (κ1) is 13.4. The van der Waals surface area contributed by atoms with Gasteiger partial charge in [0.05, 0.1) is 4.90 Å². The lowest BCUT2D eigenvalue weighted by Gasteiger charge is -2.07. The van der Waals surface area contributed by atoms with Crippen molar-refractivity contribution in [3.8, 4) is 0 Å². The maximum absolute atomic E-state index is 11.8. The van der Waals surface area contributed by atoms with Crippen molar-refractivity contribution in [3.05, 3.63) is 29.3 Å². The summed E-state index contributed by atoms with van der Waals surface area (Å²) < 4.78 is 22.7. The number of nitrogens with one attached hydrogen (secondary N) is 1. The third-order valence-corrected chi connectivity index (χ3v) is 4.43. The second-order valence-electron chi connectivity index (χ2n) is 4.57. The van der Waals surface area contributed by atoms with E-state index in [0.29, 0.717) is 23.6 Å². The van der Waals surface area contributed by atoms with Gasteiger partial charge < -0.3 is 5.32 Å². The molecule has 1 saturated carbocycles. The zero-order valence-electron chi connectivity index (χ0n) is 9.94. The first-order valence-electron chi connectivity index (χ1n) is 5.71. The predicted octanol–water partition coefficient (Wildman–Crippen LogP) is 2.06. The van der Waals surface area contributed by atoms with Gasteiger partial charge in [0.1, 0.15) is 0 Å². The Kier molecular flexibility index (Phi) is 3.64. The second kappa shape index (κ2) is 4.90. The van der Waals surface area contributed by atoms with Crippen molar-refractivity contribution in [2.24, 2.45) is 5.92 Å². The molecule has 0 bridgehead atoms. The molecule has 18 heavy (non-hydrogen) atoms. The van der Waals surface area contributed by atoms with E-state index in [0.717, 1.165) is 12.8 Å². The van der Waals surface area contributed by atoms with E-state index in [4.69, 9.17) is 10.7 Å². The molecule has 1 aliphatic carbocycles. The summed E-state index contributed by atoms with van der Waals surface area (Å²) in [6.45, 7) is 2.29. The minimum absolute atomic E-state index is 0.0109. The molecular weight excluding hydrogens is 274 g/mol. The van der Waals surface area contributed by atoms with Gasteiger partial charge in [0, 0.05) is 22.8 Å². The molecule has 0 unspecified atom stereocenters. The first-order chi connectivity index (χ1) is 8.38. The number of aryl methyl sites for hydroxylation is 1. The standard InChI is InChI=1S/C12H14ClNO3S/c1-8-2-5-10(6-11(8)18(13,16)17)12(15)14-7-9-3-4-9/h2,5-6,9H,3-4,7H2,1H3,(H,14,15). The number of benzene rings is 1. The Balaban J connectivity index is 2.20. The average Bonchev–Trinajstić information content (AvgIpc) is 3.08. The molecule has 0 saturated heterocycles. The zero-order valence-corrected chi connectivity index (χ0v) is 11.5. The number of hydrogen-bond acceptors (Lipinski definition) is 3. The third kappa shape index (κ3) is 3.23. The Morgan fingerprint density at radius 3 is 2.67 bits per heavy atom. The highest BCUT2D eigenvalue weighted by molar-refractivity contribution is 8.13. The van der Waals surface area contributed by atoms with E-state index in [2.05, 4.69) is 5.32 Å². The number of rotatable bonds is 4. The van der Waals surface area contributed by atoms with Crippen molar-refractivity contribution in [3.63, 3.8) is 0 Å². The van der Waals surface area contributed by atoms with Gasteiger partial charge in [-0.25, -0.2) is 8.42 Å². The zero-order chi connectivity index (χ0) is 13.3. The van der Waals surface area contributed by atoms with Crippen molar-refractivity contribution in [1.82, 2.24) is 5.32 Å². The summed E-state index contributed by atoms with van der Waals surface area (Å²) in [7, 11) is 1.50. The first-order valence-corrected chi connectivity index (χ1v) is 8.02. The van der Waals surface area contributed by atoms with Gasteiger partial charge in [0.15, 0.2) is 0 Å². The van der Waals surface area contributed by atoms with Crippen LogP contribution >= 0.6 is 10.7 Å². The molecule has 2 rings (SSSR count). The predicted molar refractivity (Wildman–Crippen MR) is 69.3 cm³/mol. The topological polar surface area (TPSA) is 63.2 Å². The summed E-state index contributed by atoms with van der Waals surface area (Å²) >= 11 is 0. The van der Waals surface area contributed by atoms with Gasteiger partial charge in [-0.1, -0.05) is 6.07 Å². The van der Waals surface area contributed by atoms with E-state index < -0.39 is 9.05 Å². The van der Waals surface area contributed by atoms with E-state index in [1.807, 2.05) is 0 Å². The molecule has 0 aromatic heterocycles. The molecule has 1 N–H and O–H groups in total. The van der Waals surface area contributed by atoms with Crippen LogP contribution < -0.4 is 5.32 Å². The smallest absolute Gasteiger partial charge is 0.261 e. The molecule has 4 nitrogen and oxygen atoms in total. The third-order valence-electron chi connectivity index (χ3n) is 2.96. The van der Waals surface area contributed by atoms with Crippen LogP contribution in [0, 0.1) is 12.8 Å². The Morgan fingerprint density at radius 2 is 2.11 bits per heavy atom. The Bertz CT molecular complexity index is 579. The van der Waals surface area contributed by atoms with Crippen LogP contribution in [0.3, 0.4) is 0 Å². The summed E-state index contributed by atoms with van der Waals surface area (Å²) in [5.41, 5.74) is 0.851. The fourth-order valence-corrected chi connectivity index (χ4v) is 2.88. The fraction of sp³-hybridized carbons (Fsp3) is 0.417. The van der Waals surface area contributed by atoms with Gasteiger partial charge in [-0.3, -0.25) is 4.79 Å². The van der Waals surface area contributed by atoms with Crippen molar-refractivity contribution < 1.29 is 13.2 Å². The summed E-state index contributed by atoms with van der Waals surface area (Å²) in [6, 6.07) is 4.50. The van der Waals surface area contributed by atoms with Gasteiger partial charge in [0.25, 0.3) is 15.0 Å². The van der Waals surface area contributed by atoms with Crippen LogP contribution in [-0.4, -0.2) is 20.9 Å². The Hall–Kier alpha value is -1.07. The van der Waals surface area contributed by atoms with E-state index in [1.54, 1.807) is 19.1 Å². The Labute approximate surface area is 111 Å².